The van der Waals surface area contributed by atoms with Gasteiger partial charge in [-0.2, -0.15) is 0 Å². The molecule has 108 valence electrons. The maximum atomic E-state index is 5.99. The van der Waals surface area contributed by atoms with Crippen LogP contribution in [-0.2, 0) is 6.42 Å². The minimum Gasteiger partial charge on any atom is -0.271 e. The molecule has 1 aromatic carbocycles. The Bertz CT molecular complexity index is 432. The van der Waals surface area contributed by atoms with Crippen LogP contribution in [0.5, 0.6) is 0 Å². The number of rotatable bonds is 4. The Morgan fingerprint density at radius 3 is 2.05 bits per heavy atom. The Labute approximate surface area is 122 Å². The maximum absolute atomic E-state index is 5.99. The molecule has 4 aliphatic rings. The van der Waals surface area contributed by atoms with Crippen molar-refractivity contribution in [3.63, 3.8) is 0 Å². The largest absolute Gasteiger partial charge is 0.271 e. The van der Waals surface area contributed by atoms with E-state index in [0.29, 0.717) is 11.5 Å². The smallest absolute Gasteiger partial charge is 0.0307 e. The second kappa shape index (κ2) is 4.85. The minimum absolute atomic E-state index is 0.457. The molecule has 4 bridgehead atoms. The Morgan fingerprint density at radius 1 is 1.00 bits per heavy atom. The molecule has 2 nitrogen and oxygen atoms in total. The van der Waals surface area contributed by atoms with Gasteiger partial charge in [0.2, 0.25) is 0 Å². The van der Waals surface area contributed by atoms with Gasteiger partial charge in [0.15, 0.2) is 0 Å². The Morgan fingerprint density at radius 2 is 1.55 bits per heavy atom. The summed E-state index contributed by atoms with van der Waals surface area (Å²) in [5, 5.41) is 0. The van der Waals surface area contributed by atoms with E-state index in [9.17, 15) is 0 Å². The van der Waals surface area contributed by atoms with E-state index in [0.717, 1.165) is 24.2 Å². The van der Waals surface area contributed by atoms with E-state index >= 15 is 0 Å². The van der Waals surface area contributed by atoms with Crippen LogP contribution in [0.3, 0.4) is 0 Å². The van der Waals surface area contributed by atoms with Gasteiger partial charge in [-0.05, 0) is 73.7 Å². The first kappa shape index (κ1) is 12.8. The predicted molar refractivity (Wildman–Crippen MR) is 81.9 cm³/mol. The number of nitrogens with two attached hydrogens (primary N) is 1. The molecule has 0 saturated heterocycles. The predicted octanol–water partition coefficient (Wildman–Crippen LogP) is 3.28. The number of nitrogens with one attached hydrogen (secondary N) is 1. The Balaban J connectivity index is 1.58. The lowest BCUT2D eigenvalue weighted by Crippen LogP contribution is -2.58. The highest BCUT2D eigenvalue weighted by molar-refractivity contribution is 5.18. The van der Waals surface area contributed by atoms with Crippen LogP contribution in [0.15, 0.2) is 30.3 Å². The van der Waals surface area contributed by atoms with E-state index in [1.54, 1.807) is 0 Å². The van der Waals surface area contributed by atoms with Gasteiger partial charge < -0.3 is 0 Å². The third-order valence-electron chi connectivity index (χ3n) is 6.31. The first-order valence-corrected chi connectivity index (χ1v) is 8.27. The summed E-state index contributed by atoms with van der Waals surface area (Å²) in [6.07, 6.45) is 9.84. The summed E-state index contributed by atoms with van der Waals surface area (Å²) in [6, 6.07) is 11.3. The van der Waals surface area contributed by atoms with Crippen LogP contribution in [-0.4, -0.2) is 6.04 Å². The van der Waals surface area contributed by atoms with E-state index in [-0.39, 0.29) is 0 Å². The van der Waals surface area contributed by atoms with Crippen molar-refractivity contribution in [1.82, 2.24) is 5.43 Å². The molecule has 0 heterocycles. The number of hydrogen-bond acceptors (Lipinski definition) is 2. The summed E-state index contributed by atoms with van der Waals surface area (Å²) in [6.45, 7) is 0. The minimum atomic E-state index is 0.457. The van der Waals surface area contributed by atoms with Crippen LogP contribution in [0, 0.1) is 23.2 Å². The molecule has 5 rings (SSSR count). The molecule has 3 N–H and O–H groups in total. The lowest BCUT2D eigenvalue weighted by molar-refractivity contribution is -0.0737. The number of benzene rings is 1. The molecule has 2 heteroatoms. The van der Waals surface area contributed by atoms with Crippen molar-refractivity contribution in [2.45, 2.75) is 51.0 Å². The molecule has 0 aliphatic heterocycles. The summed E-state index contributed by atoms with van der Waals surface area (Å²) in [5.74, 6) is 8.97. The van der Waals surface area contributed by atoms with Gasteiger partial charge in [0.25, 0.3) is 0 Å². The third-order valence-corrected chi connectivity index (χ3v) is 6.31. The van der Waals surface area contributed by atoms with Crippen LogP contribution in [0.1, 0.15) is 44.1 Å². The molecule has 1 aromatic rings. The van der Waals surface area contributed by atoms with Gasteiger partial charge in [-0.1, -0.05) is 30.3 Å². The first-order chi connectivity index (χ1) is 9.77. The summed E-state index contributed by atoms with van der Waals surface area (Å²) < 4.78 is 0. The van der Waals surface area contributed by atoms with Crippen LogP contribution in [0.2, 0.25) is 0 Å². The molecule has 0 amide bonds. The van der Waals surface area contributed by atoms with Gasteiger partial charge in [0, 0.05) is 6.04 Å². The first-order valence-electron chi connectivity index (χ1n) is 8.27. The van der Waals surface area contributed by atoms with Crippen molar-refractivity contribution in [3.8, 4) is 0 Å². The highest BCUT2D eigenvalue weighted by atomic mass is 15.2. The lowest BCUT2D eigenvalue weighted by Gasteiger charge is -2.59. The lowest BCUT2D eigenvalue weighted by atomic mass is 9.47. The fraction of sp³-hybridized carbons (Fsp3) is 0.667. The summed E-state index contributed by atoms with van der Waals surface area (Å²) in [7, 11) is 0. The van der Waals surface area contributed by atoms with E-state index in [1.165, 1.54) is 44.1 Å². The van der Waals surface area contributed by atoms with Gasteiger partial charge in [-0.3, -0.25) is 11.3 Å². The van der Waals surface area contributed by atoms with Crippen molar-refractivity contribution >= 4 is 0 Å². The molecule has 4 saturated carbocycles. The molecule has 1 atom stereocenters. The number of hydrogen-bond donors (Lipinski definition) is 2. The molecular weight excluding hydrogens is 244 g/mol. The fourth-order valence-corrected chi connectivity index (χ4v) is 5.91. The molecule has 0 aromatic heterocycles. The van der Waals surface area contributed by atoms with E-state index in [1.807, 2.05) is 0 Å². The van der Waals surface area contributed by atoms with Crippen molar-refractivity contribution in [3.05, 3.63) is 35.9 Å². The maximum Gasteiger partial charge on any atom is 0.0307 e. The van der Waals surface area contributed by atoms with Gasteiger partial charge in [0.05, 0.1) is 0 Å². The zero-order valence-electron chi connectivity index (χ0n) is 12.2. The van der Waals surface area contributed by atoms with Crippen LogP contribution in [0.25, 0.3) is 0 Å². The molecule has 20 heavy (non-hydrogen) atoms. The average Bonchev–Trinajstić information content (AvgIpc) is 2.44. The monoisotopic (exact) mass is 270 g/mol. The van der Waals surface area contributed by atoms with Gasteiger partial charge >= 0.3 is 0 Å². The molecule has 4 aliphatic carbocycles. The summed E-state index contributed by atoms with van der Waals surface area (Å²) in [5.41, 5.74) is 5.12. The van der Waals surface area contributed by atoms with Crippen molar-refractivity contribution in [2.24, 2.45) is 29.0 Å². The standard InChI is InChI=1S/C18H26N2/c19-20-17(9-13-4-2-1-3-5-13)18-10-14-6-15(11-18)8-16(7-14)12-18/h1-5,14-17,20H,6-12,19H2. The molecule has 0 spiro atoms. The molecular formula is C18H26N2. The average molecular weight is 270 g/mol. The molecule has 4 fully saturated rings. The van der Waals surface area contributed by atoms with Crippen molar-refractivity contribution in [2.75, 3.05) is 0 Å². The third kappa shape index (κ3) is 2.10. The fourth-order valence-electron chi connectivity index (χ4n) is 5.91. The summed E-state index contributed by atoms with van der Waals surface area (Å²) in [4.78, 5) is 0. The van der Waals surface area contributed by atoms with Gasteiger partial charge in [-0.25, -0.2) is 0 Å². The van der Waals surface area contributed by atoms with Crippen molar-refractivity contribution < 1.29 is 0 Å². The molecule has 0 radical (unpaired) electrons. The second-order valence-electron chi connectivity index (χ2n) is 7.69. The number of hydrazine groups is 1. The normalized spacial score (nSPS) is 40.0. The zero-order valence-corrected chi connectivity index (χ0v) is 12.2. The SMILES string of the molecule is NNC(Cc1ccccc1)C12CC3CC(CC(C3)C1)C2. The summed E-state index contributed by atoms with van der Waals surface area (Å²) >= 11 is 0. The van der Waals surface area contributed by atoms with Gasteiger partial charge in [-0.15, -0.1) is 0 Å². The Hall–Kier alpha value is -0.860. The van der Waals surface area contributed by atoms with Crippen LogP contribution < -0.4 is 11.3 Å². The van der Waals surface area contributed by atoms with E-state index < -0.39 is 0 Å². The van der Waals surface area contributed by atoms with Crippen LogP contribution >= 0.6 is 0 Å². The Kier molecular flexibility index (Phi) is 3.12. The second-order valence-corrected chi connectivity index (χ2v) is 7.69. The highest BCUT2D eigenvalue weighted by Gasteiger charge is 2.53. The topological polar surface area (TPSA) is 38.0 Å². The van der Waals surface area contributed by atoms with E-state index in [4.69, 9.17) is 5.84 Å². The van der Waals surface area contributed by atoms with Gasteiger partial charge in [0.1, 0.15) is 0 Å². The zero-order chi connectivity index (χ0) is 13.6. The highest BCUT2D eigenvalue weighted by Crippen LogP contribution is 2.61. The van der Waals surface area contributed by atoms with Crippen molar-refractivity contribution in [1.29, 1.82) is 0 Å². The quantitative estimate of drug-likeness (QED) is 0.651. The van der Waals surface area contributed by atoms with Crippen LogP contribution in [0.4, 0.5) is 0 Å². The van der Waals surface area contributed by atoms with E-state index in [2.05, 4.69) is 35.8 Å². The molecule has 1 unspecified atom stereocenters.